The fraction of sp³-hybridized carbons (Fsp3) is 0.750. The molecular weight excluding hydrogens is 264 g/mol. The van der Waals surface area contributed by atoms with E-state index in [1.165, 1.54) is 11.3 Å². The Labute approximate surface area is 116 Å². The summed E-state index contributed by atoms with van der Waals surface area (Å²) in [6.45, 7) is 3.72. The van der Waals surface area contributed by atoms with Gasteiger partial charge in [0.2, 0.25) is 10.1 Å². The molecule has 0 radical (unpaired) electrons. The van der Waals surface area contributed by atoms with Crippen molar-refractivity contribution >= 4 is 22.4 Å². The molecule has 1 fully saturated rings. The Morgan fingerprint density at radius 1 is 1.58 bits per heavy atom. The van der Waals surface area contributed by atoms with E-state index < -0.39 is 0 Å². The Kier molecular flexibility index (Phi) is 5.09. The van der Waals surface area contributed by atoms with Crippen LogP contribution in [0.4, 0.5) is 5.13 Å². The van der Waals surface area contributed by atoms with Gasteiger partial charge in [0.25, 0.3) is 5.91 Å². The number of nitrogens with zero attached hydrogens (tertiary/aromatic N) is 3. The third-order valence-corrected chi connectivity index (χ3v) is 4.14. The van der Waals surface area contributed by atoms with E-state index in [4.69, 9.17) is 5.11 Å². The number of aliphatic hydroxyl groups is 1. The van der Waals surface area contributed by atoms with E-state index in [0.29, 0.717) is 10.1 Å². The summed E-state index contributed by atoms with van der Waals surface area (Å²) in [7, 11) is 0. The van der Waals surface area contributed by atoms with Crippen molar-refractivity contribution in [3.05, 3.63) is 5.01 Å². The molecule has 1 amide bonds. The van der Waals surface area contributed by atoms with Crippen molar-refractivity contribution in [1.82, 2.24) is 15.1 Å². The Morgan fingerprint density at radius 2 is 2.42 bits per heavy atom. The molecular formula is C12H20N4O2S. The quantitative estimate of drug-likeness (QED) is 0.824. The standard InChI is InChI=1S/C12H20N4O2S/c1-2-13-12-15-14-10(19-12)11(18)16-7-3-5-9(16)6-4-8-17/h9,17H,2-8H2,1H3,(H,13,15). The third-order valence-electron chi connectivity index (χ3n) is 3.27. The molecule has 2 heterocycles. The van der Waals surface area contributed by atoms with E-state index >= 15 is 0 Å². The highest BCUT2D eigenvalue weighted by Crippen LogP contribution is 2.25. The normalized spacial score (nSPS) is 18.8. The van der Waals surface area contributed by atoms with Crippen molar-refractivity contribution in [2.75, 3.05) is 25.0 Å². The number of hydrogen-bond acceptors (Lipinski definition) is 6. The lowest BCUT2D eigenvalue weighted by atomic mass is 10.1. The molecule has 6 nitrogen and oxygen atoms in total. The molecule has 2 rings (SSSR count). The molecule has 1 saturated heterocycles. The summed E-state index contributed by atoms with van der Waals surface area (Å²) in [5.74, 6) is -0.0258. The molecule has 7 heteroatoms. The van der Waals surface area contributed by atoms with Crippen LogP contribution in [0.3, 0.4) is 0 Å². The minimum absolute atomic E-state index is 0.0258. The predicted octanol–water partition coefficient (Wildman–Crippen LogP) is 1.35. The number of aromatic nitrogens is 2. The molecule has 1 aliphatic rings. The summed E-state index contributed by atoms with van der Waals surface area (Å²) < 4.78 is 0. The minimum atomic E-state index is -0.0258. The number of aliphatic hydroxyl groups excluding tert-OH is 1. The number of likely N-dealkylation sites (tertiary alicyclic amines) is 1. The van der Waals surface area contributed by atoms with Gasteiger partial charge in [-0.2, -0.15) is 0 Å². The van der Waals surface area contributed by atoms with E-state index in [2.05, 4.69) is 15.5 Å². The van der Waals surface area contributed by atoms with Crippen molar-refractivity contribution in [3.8, 4) is 0 Å². The highest BCUT2D eigenvalue weighted by atomic mass is 32.1. The van der Waals surface area contributed by atoms with Crippen LogP contribution in [0.5, 0.6) is 0 Å². The van der Waals surface area contributed by atoms with Gasteiger partial charge in [0, 0.05) is 25.7 Å². The topological polar surface area (TPSA) is 78.4 Å². The average molecular weight is 284 g/mol. The van der Waals surface area contributed by atoms with Gasteiger partial charge in [0.1, 0.15) is 0 Å². The molecule has 2 N–H and O–H groups in total. The number of hydrogen-bond donors (Lipinski definition) is 2. The van der Waals surface area contributed by atoms with Crippen LogP contribution in [0.1, 0.15) is 42.4 Å². The van der Waals surface area contributed by atoms with Gasteiger partial charge in [-0.05, 0) is 32.6 Å². The Hall–Kier alpha value is -1.21. The minimum Gasteiger partial charge on any atom is -0.396 e. The molecule has 106 valence electrons. The van der Waals surface area contributed by atoms with Crippen LogP contribution in [-0.2, 0) is 0 Å². The lowest BCUT2D eigenvalue weighted by Crippen LogP contribution is -2.35. The van der Waals surface area contributed by atoms with E-state index in [1.807, 2.05) is 11.8 Å². The Balaban J connectivity index is 2.00. The summed E-state index contributed by atoms with van der Waals surface area (Å²) in [4.78, 5) is 14.3. The van der Waals surface area contributed by atoms with Gasteiger partial charge in [-0.25, -0.2) is 0 Å². The second kappa shape index (κ2) is 6.81. The maximum atomic E-state index is 12.4. The first-order valence-electron chi connectivity index (χ1n) is 6.75. The molecule has 1 atom stereocenters. The summed E-state index contributed by atoms with van der Waals surface area (Å²) in [6.07, 6.45) is 3.65. The Bertz CT molecular complexity index is 424. The molecule has 0 bridgehead atoms. The van der Waals surface area contributed by atoms with Crippen LogP contribution in [0, 0.1) is 0 Å². The number of carbonyl (C=O) groups is 1. The maximum Gasteiger partial charge on any atom is 0.285 e. The van der Waals surface area contributed by atoms with E-state index in [0.717, 1.165) is 38.8 Å². The summed E-state index contributed by atoms with van der Waals surface area (Å²) in [5.41, 5.74) is 0. The van der Waals surface area contributed by atoms with Gasteiger partial charge in [-0.1, -0.05) is 11.3 Å². The summed E-state index contributed by atoms with van der Waals surface area (Å²) in [6, 6.07) is 0.242. The van der Waals surface area contributed by atoms with Gasteiger partial charge < -0.3 is 15.3 Å². The van der Waals surface area contributed by atoms with E-state index in [-0.39, 0.29) is 18.6 Å². The van der Waals surface area contributed by atoms with Gasteiger partial charge in [0.15, 0.2) is 0 Å². The SMILES string of the molecule is CCNc1nnc(C(=O)N2CCCC2CCCO)s1. The first-order valence-corrected chi connectivity index (χ1v) is 7.57. The van der Waals surface area contributed by atoms with Crippen LogP contribution in [0.25, 0.3) is 0 Å². The highest BCUT2D eigenvalue weighted by Gasteiger charge is 2.30. The molecule has 0 aliphatic carbocycles. The lowest BCUT2D eigenvalue weighted by Gasteiger charge is -2.23. The fourth-order valence-corrected chi connectivity index (χ4v) is 3.15. The largest absolute Gasteiger partial charge is 0.396 e. The van der Waals surface area contributed by atoms with Crippen molar-refractivity contribution in [1.29, 1.82) is 0 Å². The Morgan fingerprint density at radius 3 is 3.16 bits per heavy atom. The first-order chi connectivity index (χ1) is 9.26. The number of anilines is 1. The monoisotopic (exact) mass is 284 g/mol. The van der Waals surface area contributed by atoms with Crippen molar-refractivity contribution in [3.63, 3.8) is 0 Å². The number of nitrogens with one attached hydrogen (secondary N) is 1. The van der Waals surface area contributed by atoms with Gasteiger partial charge >= 0.3 is 0 Å². The number of amides is 1. The lowest BCUT2D eigenvalue weighted by molar-refractivity contribution is 0.0723. The molecule has 1 aromatic heterocycles. The second-order valence-corrected chi connectivity index (χ2v) is 5.58. The van der Waals surface area contributed by atoms with Crippen LogP contribution in [-0.4, -0.2) is 51.8 Å². The summed E-state index contributed by atoms with van der Waals surface area (Å²) >= 11 is 1.30. The third kappa shape index (κ3) is 3.42. The van der Waals surface area contributed by atoms with E-state index in [1.54, 1.807) is 0 Å². The number of carbonyl (C=O) groups excluding carboxylic acids is 1. The van der Waals surface area contributed by atoms with Gasteiger partial charge in [-0.3, -0.25) is 4.79 Å². The predicted molar refractivity (Wildman–Crippen MR) is 74.5 cm³/mol. The molecule has 0 spiro atoms. The molecule has 1 aromatic rings. The molecule has 0 aromatic carbocycles. The smallest absolute Gasteiger partial charge is 0.285 e. The second-order valence-electron chi connectivity index (χ2n) is 4.60. The fourth-order valence-electron chi connectivity index (χ4n) is 2.39. The zero-order valence-corrected chi connectivity index (χ0v) is 11.9. The van der Waals surface area contributed by atoms with Crippen LogP contribution in [0.2, 0.25) is 0 Å². The van der Waals surface area contributed by atoms with E-state index in [9.17, 15) is 4.79 Å². The zero-order chi connectivity index (χ0) is 13.7. The highest BCUT2D eigenvalue weighted by molar-refractivity contribution is 7.17. The van der Waals surface area contributed by atoms with Gasteiger partial charge in [0.05, 0.1) is 0 Å². The van der Waals surface area contributed by atoms with Crippen LogP contribution in [0.15, 0.2) is 0 Å². The van der Waals surface area contributed by atoms with Gasteiger partial charge in [-0.15, -0.1) is 10.2 Å². The van der Waals surface area contributed by atoms with Crippen molar-refractivity contribution in [2.24, 2.45) is 0 Å². The van der Waals surface area contributed by atoms with Crippen molar-refractivity contribution in [2.45, 2.75) is 38.6 Å². The number of rotatable bonds is 6. The molecule has 1 aliphatic heterocycles. The molecule has 19 heavy (non-hydrogen) atoms. The molecule has 0 saturated carbocycles. The molecule has 1 unspecified atom stereocenters. The van der Waals surface area contributed by atoms with Crippen LogP contribution < -0.4 is 5.32 Å². The first kappa shape index (κ1) is 14.2. The zero-order valence-electron chi connectivity index (χ0n) is 11.1. The summed E-state index contributed by atoms with van der Waals surface area (Å²) in [5, 5.41) is 21.0. The maximum absolute atomic E-state index is 12.4. The van der Waals surface area contributed by atoms with Crippen LogP contribution >= 0.6 is 11.3 Å². The average Bonchev–Trinajstić information content (AvgIpc) is 3.04. The van der Waals surface area contributed by atoms with Crippen molar-refractivity contribution < 1.29 is 9.90 Å².